The van der Waals surface area contributed by atoms with Gasteiger partial charge in [-0.1, -0.05) is 12.8 Å². The molecule has 1 amide bonds. The van der Waals surface area contributed by atoms with Gasteiger partial charge in [0.2, 0.25) is 5.91 Å². The predicted octanol–water partition coefficient (Wildman–Crippen LogP) is 1.79. The van der Waals surface area contributed by atoms with Crippen LogP contribution in [0.1, 0.15) is 25.7 Å². The summed E-state index contributed by atoms with van der Waals surface area (Å²) in [7, 11) is 1.62. The highest BCUT2D eigenvalue weighted by molar-refractivity contribution is 5.79. The second-order valence-electron chi connectivity index (χ2n) is 5.30. The van der Waals surface area contributed by atoms with Gasteiger partial charge < -0.3 is 10.2 Å². The van der Waals surface area contributed by atoms with Crippen LogP contribution in [0, 0.1) is 11.8 Å². The Hall–Kier alpha value is -0.780. The van der Waals surface area contributed by atoms with Crippen LogP contribution in [0.4, 0.5) is 13.2 Å². The van der Waals surface area contributed by atoms with Gasteiger partial charge in [-0.15, -0.1) is 0 Å². The minimum absolute atomic E-state index is 0.0633. The molecule has 2 atom stereocenters. The smallest absolute Gasteiger partial charge is 0.340 e. The normalized spacial score (nSPS) is 29.8. The molecule has 2 unspecified atom stereocenters. The molecule has 0 radical (unpaired) electrons. The van der Waals surface area contributed by atoms with E-state index >= 15 is 0 Å². The standard InChI is InChI=1S/C12H19F3N2O/c1-17(8-6-16-7-8)11(18)9-4-2-3-5-10(9)12(13,14)15/h8-10,16H,2-7H2,1H3. The number of alkyl halides is 3. The van der Waals surface area contributed by atoms with Gasteiger partial charge in [-0.25, -0.2) is 0 Å². The van der Waals surface area contributed by atoms with Crippen LogP contribution in [0.3, 0.4) is 0 Å². The van der Waals surface area contributed by atoms with Gasteiger partial charge in [-0.2, -0.15) is 13.2 Å². The van der Waals surface area contributed by atoms with Gasteiger partial charge in [-0.05, 0) is 12.8 Å². The van der Waals surface area contributed by atoms with Crippen molar-refractivity contribution in [1.82, 2.24) is 10.2 Å². The minimum Gasteiger partial charge on any atom is -0.340 e. The van der Waals surface area contributed by atoms with Gasteiger partial charge in [0.1, 0.15) is 0 Å². The number of likely N-dealkylation sites (N-methyl/N-ethyl adjacent to an activating group) is 1. The minimum atomic E-state index is -4.25. The lowest BCUT2D eigenvalue weighted by molar-refractivity contribution is -0.201. The SMILES string of the molecule is CN(C(=O)C1CCCCC1C(F)(F)F)C1CNC1. The number of amides is 1. The number of hydrogen-bond donors (Lipinski definition) is 1. The Morgan fingerprint density at radius 1 is 1.22 bits per heavy atom. The van der Waals surface area contributed by atoms with Gasteiger partial charge >= 0.3 is 6.18 Å². The van der Waals surface area contributed by atoms with E-state index in [-0.39, 0.29) is 18.4 Å². The van der Waals surface area contributed by atoms with E-state index in [4.69, 9.17) is 0 Å². The van der Waals surface area contributed by atoms with E-state index < -0.39 is 18.0 Å². The van der Waals surface area contributed by atoms with Crippen molar-refractivity contribution in [3.63, 3.8) is 0 Å². The quantitative estimate of drug-likeness (QED) is 0.824. The fraction of sp³-hybridized carbons (Fsp3) is 0.917. The molecule has 104 valence electrons. The molecule has 2 aliphatic rings. The van der Waals surface area contributed by atoms with Crippen molar-refractivity contribution < 1.29 is 18.0 Å². The van der Waals surface area contributed by atoms with Gasteiger partial charge in [0.15, 0.2) is 0 Å². The van der Waals surface area contributed by atoms with E-state index in [0.717, 1.165) is 6.42 Å². The Bertz CT molecular complexity index is 315. The lowest BCUT2D eigenvalue weighted by Gasteiger charge is -2.40. The Morgan fingerprint density at radius 2 is 1.83 bits per heavy atom. The molecule has 1 heterocycles. The molecule has 18 heavy (non-hydrogen) atoms. The first-order chi connectivity index (χ1) is 8.41. The zero-order valence-electron chi connectivity index (χ0n) is 10.5. The highest BCUT2D eigenvalue weighted by Gasteiger charge is 2.49. The van der Waals surface area contributed by atoms with Crippen LogP contribution < -0.4 is 5.32 Å². The van der Waals surface area contributed by atoms with Crippen LogP contribution in [-0.2, 0) is 4.79 Å². The first-order valence-corrected chi connectivity index (χ1v) is 6.45. The summed E-state index contributed by atoms with van der Waals surface area (Å²) in [4.78, 5) is 13.7. The molecule has 0 aromatic carbocycles. The number of nitrogens with one attached hydrogen (secondary N) is 1. The molecule has 1 saturated carbocycles. The van der Waals surface area contributed by atoms with Crippen molar-refractivity contribution in [2.45, 2.75) is 37.9 Å². The Morgan fingerprint density at radius 3 is 2.33 bits per heavy atom. The highest BCUT2D eigenvalue weighted by Crippen LogP contribution is 2.42. The van der Waals surface area contributed by atoms with Gasteiger partial charge in [0.25, 0.3) is 0 Å². The molecule has 2 rings (SSSR count). The van der Waals surface area contributed by atoms with Gasteiger partial charge in [0.05, 0.1) is 12.0 Å². The van der Waals surface area contributed by atoms with Crippen LogP contribution >= 0.6 is 0 Å². The molecule has 0 bridgehead atoms. The summed E-state index contributed by atoms with van der Waals surface area (Å²) in [6.45, 7) is 1.37. The van der Waals surface area contributed by atoms with E-state index in [9.17, 15) is 18.0 Å². The molecule has 1 aliphatic heterocycles. The molecule has 0 spiro atoms. The van der Waals surface area contributed by atoms with Crippen molar-refractivity contribution >= 4 is 5.91 Å². The molecule has 6 heteroatoms. The van der Waals surface area contributed by atoms with Crippen LogP contribution in [0.2, 0.25) is 0 Å². The maximum atomic E-state index is 12.9. The molecular formula is C12H19F3N2O. The molecule has 0 aromatic rings. The number of hydrogen-bond acceptors (Lipinski definition) is 2. The van der Waals surface area contributed by atoms with E-state index in [1.807, 2.05) is 0 Å². The van der Waals surface area contributed by atoms with E-state index in [2.05, 4.69) is 5.32 Å². The average molecular weight is 264 g/mol. The maximum Gasteiger partial charge on any atom is 0.392 e. The topological polar surface area (TPSA) is 32.3 Å². The van der Waals surface area contributed by atoms with Crippen molar-refractivity contribution in [3.8, 4) is 0 Å². The van der Waals surface area contributed by atoms with Crippen LogP contribution in [0.15, 0.2) is 0 Å². The summed E-state index contributed by atoms with van der Waals surface area (Å²) in [6.07, 6.45) is -2.49. The molecule has 3 nitrogen and oxygen atoms in total. The molecule has 1 saturated heterocycles. The maximum absolute atomic E-state index is 12.9. The van der Waals surface area contributed by atoms with Crippen LogP contribution in [0.5, 0.6) is 0 Å². The molecule has 1 aliphatic carbocycles. The lowest BCUT2D eigenvalue weighted by Crippen LogP contribution is -2.59. The number of halogens is 3. The lowest BCUT2D eigenvalue weighted by atomic mass is 9.77. The third-order valence-electron chi connectivity index (χ3n) is 4.16. The van der Waals surface area contributed by atoms with Crippen LogP contribution in [0.25, 0.3) is 0 Å². The second-order valence-corrected chi connectivity index (χ2v) is 5.30. The average Bonchev–Trinajstić information content (AvgIpc) is 2.24. The number of nitrogens with zero attached hydrogens (tertiary/aromatic N) is 1. The monoisotopic (exact) mass is 264 g/mol. The van der Waals surface area contributed by atoms with E-state index in [0.29, 0.717) is 25.9 Å². The third kappa shape index (κ3) is 2.63. The van der Waals surface area contributed by atoms with Gasteiger partial charge in [-0.3, -0.25) is 4.79 Å². The predicted molar refractivity (Wildman–Crippen MR) is 60.9 cm³/mol. The van der Waals surface area contributed by atoms with Crippen molar-refractivity contribution in [2.75, 3.05) is 20.1 Å². The summed E-state index contributed by atoms with van der Waals surface area (Å²) >= 11 is 0. The molecule has 2 fully saturated rings. The molecule has 0 aromatic heterocycles. The Balaban J connectivity index is 2.05. The van der Waals surface area contributed by atoms with Gasteiger partial charge in [0, 0.05) is 26.1 Å². The first kappa shape index (κ1) is 13.6. The molecular weight excluding hydrogens is 245 g/mol. The van der Waals surface area contributed by atoms with Crippen LogP contribution in [-0.4, -0.2) is 43.2 Å². The summed E-state index contributed by atoms with van der Waals surface area (Å²) in [6, 6.07) is 0.0633. The van der Waals surface area contributed by atoms with E-state index in [1.165, 1.54) is 4.90 Å². The zero-order chi connectivity index (χ0) is 13.3. The Labute approximate surface area is 105 Å². The van der Waals surface area contributed by atoms with Crippen molar-refractivity contribution in [3.05, 3.63) is 0 Å². The number of carbonyl (C=O) groups is 1. The summed E-state index contributed by atoms with van der Waals surface area (Å²) < 4.78 is 38.8. The fourth-order valence-corrected chi connectivity index (χ4v) is 2.81. The Kier molecular flexibility index (Phi) is 3.84. The summed E-state index contributed by atoms with van der Waals surface area (Å²) in [5, 5.41) is 3.03. The van der Waals surface area contributed by atoms with E-state index in [1.54, 1.807) is 7.05 Å². The summed E-state index contributed by atoms with van der Waals surface area (Å²) in [5.41, 5.74) is 0. The zero-order valence-corrected chi connectivity index (χ0v) is 10.5. The number of rotatable bonds is 2. The largest absolute Gasteiger partial charge is 0.392 e. The fourth-order valence-electron chi connectivity index (χ4n) is 2.81. The highest BCUT2D eigenvalue weighted by atomic mass is 19.4. The summed E-state index contributed by atoms with van der Waals surface area (Å²) in [5.74, 6) is -2.65. The molecule has 1 N–H and O–H groups in total. The van der Waals surface area contributed by atoms with Crippen molar-refractivity contribution in [1.29, 1.82) is 0 Å². The van der Waals surface area contributed by atoms with Crippen molar-refractivity contribution in [2.24, 2.45) is 11.8 Å². The number of carbonyl (C=O) groups excluding carboxylic acids is 1. The third-order valence-corrected chi connectivity index (χ3v) is 4.16. The first-order valence-electron chi connectivity index (χ1n) is 6.45. The second kappa shape index (κ2) is 5.07.